The topological polar surface area (TPSA) is 60.4 Å². The van der Waals surface area contributed by atoms with E-state index in [9.17, 15) is 4.79 Å². The van der Waals surface area contributed by atoms with Crippen LogP contribution >= 0.6 is 0 Å². The monoisotopic (exact) mass is 189 g/mol. The molecule has 1 unspecified atom stereocenters. The summed E-state index contributed by atoms with van der Waals surface area (Å²) in [5, 5.41) is 4.06. The first-order valence-electron chi connectivity index (χ1n) is 4.42. The van der Waals surface area contributed by atoms with Gasteiger partial charge in [-0.1, -0.05) is 6.07 Å². The quantitative estimate of drug-likeness (QED) is 0.713. The van der Waals surface area contributed by atoms with E-state index in [0.29, 0.717) is 5.69 Å². The van der Waals surface area contributed by atoms with E-state index in [2.05, 4.69) is 5.10 Å². The fourth-order valence-corrected chi connectivity index (χ4v) is 1.37. The van der Waals surface area contributed by atoms with Crippen molar-refractivity contribution < 1.29 is 4.79 Å². The molecule has 2 aromatic rings. The minimum Gasteiger partial charge on any atom is -0.321 e. The van der Waals surface area contributed by atoms with Crippen LogP contribution in [0.25, 0.3) is 5.52 Å². The minimum atomic E-state index is -0.496. The zero-order valence-corrected chi connectivity index (χ0v) is 7.84. The molecule has 72 valence electrons. The molecule has 0 radical (unpaired) electrons. The Bertz CT molecular complexity index is 473. The standard InChI is InChI=1S/C10H11N3O/c1-7(11)10(14)9-4-2-3-8-5-6-12-13(8)9/h2-7H,11H2,1H3. The van der Waals surface area contributed by atoms with Crippen LogP contribution in [0.15, 0.2) is 30.5 Å². The highest BCUT2D eigenvalue weighted by molar-refractivity contribution is 5.98. The number of nitrogens with zero attached hydrogens (tertiary/aromatic N) is 2. The Morgan fingerprint density at radius 2 is 2.29 bits per heavy atom. The van der Waals surface area contributed by atoms with Crippen LogP contribution in [-0.2, 0) is 0 Å². The molecule has 2 aromatic heterocycles. The molecule has 0 saturated carbocycles. The third kappa shape index (κ3) is 1.29. The van der Waals surface area contributed by atoms with Crippen molar-refractivity contribution in [1.29, 1.82) is 0 Å². The van der Waals surface area contributed by atoms with Crippen LogP contribution in [0.5, 0.6) is 0 Å². The van der Waals surface area contributed by atoms with Gasteiger partial charge in [-0.05, 0) is 25.1 Å². The van der Waals surface area contributed by atoms with E-state index in [1.807, 2.05) is 18.2 Å². The fraction of sp³-hybridized carbons (Fsp3) is 0.200. The van der Waals surface area contributed by atoms with Gasteiger partial charge in [0.05, 0.1) is 17.8 Å². The number of hydrogen-bond acceptors (Lipinski definition) is 3. The third-order valence-corrected chi connectivity index (χ3v) is 2.09. The molecular weight excluding hydrogens is 178 g/mol. The van der Waals surface area contributed by atoms with Gasteiger partial charge >= 0.3 is 0 Å². The molecule has 1 atom stereocenters. The predicted molar refractivity (Wildman–Crippen MR) is 53.2 cm³/mol. The average Bonchev–Trinajstić information content (AvgIpc) is 2.63. The van der Waals surface area contributed by atoms with E-state index in [4.69, 9.17) is 5.73 Å². The molecule has 2 rings (SSSR count). The SMILES string of the molecule is CC(N)C(=O)c1cccc2ccnn12. The van der Waals surface area contributed by atoms with Gasteiger partial charge in [-0.2, -0.15) is 5.10 Å². The highest BCUT2D eigenvalue weighted by Gasteiger charge is 2.13. The summed E-state index contributed by atoms with van der Waals surface area (Å²) < 4.78 is 1.60. The number of ketones is 1. The molecule has 0 saturated heterocycles. The van der Waals surface area contributed by atoms with E-state index in [1.165, 1.54) is 0 Å². The Balaban J connectivity index is 2.62. The van der Waals surface area contributed by atoms with Crippen LogP contribution in [0.2, 0.25) is 0 Å². The van der Waals surface area contributed by atoms with Crippen molar-refractivity contribution in [3.05, 3.63) is 36.2 Å². The molecule has 2 heterocycles. The Morgan fingerprint density at radius 3 is 3.00 bits per heavy atom. The zero-order valence-electron chi connectivity index (χ0n) is 7.84. The van der Waals surface area contributed by atoms with Gasteiger partial charge in [0.1, 0.15) is 5.69 Å². The lowest BCUT2D eigenvalue weighted by Crippen LogP contribution is -2.28. The molecule has 0 aliphatic rings. The summed E-state index contributed by atoms with van der Waals surface area (Å²) in [4.78, 5) is 11.7. The van der Waals surface area contributed by atoms with Crippen LogP contribution in [0.4, 0.5) is 0 Å². The van der Waals surface area contributed by atoms with Crippen molar-refractivity contribution in [1.82, 2.24) is 9.61 Å². The first-order chi connectivity index (χ1) is 6.70. The van der Waals surface area contributed by atoms with Crippen molar-refractivity contribution >= 4 is 11.3 Å². The van der Waals surface area contributed by atoms with Gasteiger partial charge in [0.25, 0.3) is 0 Å². The molecule has 0 amide bonds. The highest BCUT2D eigenvalue weighted by atomic mass is 16.1. The fourth-order valence-electron chi connectivity index (χ4n) is 1.37. The first-order valence-corrected chi connectivity index (χ1v) is 4.42. The maximum Gasteiger partial charge on any atom is 0.197 e. The van der Waals surface area contributed by atoms with Crippen molar-refractivity contribution in [3.63, 3.8) is 0 Å². The summed E-state index contributed by atoms with van der Waals surface area (Å²) in [7, 11) is 0. The second-order valence-electron chi connectivity index (χ2n) is 3.23. The molecule has 0 spiro atoms. The molecule has 0 fully saturated rings. The lowest BCUT2D eigenvalue weighted by Gasteiger charge is -2.05. The molecule has 0 aliphatic heterocycles. The van der Waals surface area contributed by atoms with Crippen molar-refractivity contribution in [2.45, 2.75) is 13.0 Å². The number of nitrogens with two attached hydrogens (primary N) is 1. The summed E-state index contributed by atoms with van der Waals surface area (Å²) in [5.41, 5.74) is 6.97. The minimum absolute atomic E-state index is 0.0979. The first kappa shape index (κ1) is 8.90. The van der Waals surface area contributed by atoms with E-state index >= 15 is 0 Å². The Labute approximate surface area is 81.3 Å². The number of carbonyl (C=O) groups excluding carboxylic acids is 1. The predicted octanol–water partition coefficient (Wildman–Crippen LogP) is 0.864. The van der Waals surface area contributed by atoms with E-state index < -0.39 is 6.04 Å². The van der Waals surface area contributed by atoms with E-state index in [1.54, 1.807) is 23.7 Å². The molecule has 14 heavy (non-hydrogen) atoms. The van der Waals surface area contributed by atoms with Crippen molar-refractivity contribution in [2.24, 2.45) is 5.73 Å². The second kappa shape index (κ2) is 3.23. The van der Waals surface area contributed by atoms with E-state index in [0.717, 1.165) is 5.52 Å². The Hall–Kier alpha value is -1.68. The summed E-state index contributed by atoms with van der Waals surface area (Å²) >= 11 is 0. The number of rotatable bonds is 2. The van der Waals surface area contributed by atoms with Gasteiger partial charge in [-0.25, -0.2) is 4.52 Å². The van der Waals surface area contributed by atoms with Gasteiger partial charge in [0, 0.05) is 0 Å². The summed E-state index contributed by atoms with van der Waals surface area (Å²) in [6.45, 7) is 1.67. The van der Waals surface area contributed by atoms with Gasteiger partial charge in [-0.15, -0.1) is 0 Å². The summed E-state index contributed by atoms with van der Waals surface area (Å²) in [6.07, 6.45) is 1.66. The number of fused-ring (bicyclic) bond motifs is 1. The number of aromatic nitrogens is 2. The molecule has 2 N–H and O–H groups in total. The molecular formula is C10H11N3O. The summed E-state index contributed by atoms with van der Waals surface area (Å²) in [5.74, 6) is -0.0979. The van der Waals surface area contributed by atoms with Gasteiger partial charge in [0.2, 0.25) is 0 Å². The second-order valence-corrected chi connectivity index (χ2v) is 3.23. The van der Waals surface area contributed by atoms with Crippen LogP contribution in [0.1, 0.15) is 17.4 Å². The number of hydrogen-bond donors (Lipinski definition) is 1. The van der Waals surface area contributed by atoms with Crippen molar-refractivity contribution in [2.75, 3.05) is 0 Å². The molecule has 0 aliphatic carbocycles. The average molecular weight is 189 g/mol. The maximum absolute atomic E-state index is 11.7. The van der Waals surface area contributed by atoms with Crippen LogP contribution in [0, 0.1) is 0 Å². The smallest absolute Gasteiger partial charge is 0.197 e. The largest absolute Gasteiger partial charge is 0.321 e. The van der Waals surface area contributed by atoms with Crippen LogP contribution in [0.3, 0.4) is 0 Å². The lowest BCUT2D eigenvalue weighted by molar-refractivity contribution is 0.0960. The number of pyridine rings is 1. The van der Waals surface area contributed by atoms with Gasteiger partial charge in [-0.3, -0.25) is 4.79 Å². The van der Waals surface area contributed by atoms with E-state index in [-0.39, 0.29) is 5.78 Å². The van der Waals surface area contributed by atoms with Crippen LogP contribution in [-0.4, -0.2) is 21.4 Å². The number of Topliss-reactive ketones (excluding diaryl/α,β-unsaturated/α-hetero) is 1. The molecule has 0 aromatic carbocycles. The zero-order chi connectivity index (χ0) is 10.1. The number of carbonyl (C=O) groups is 1. The molecule has 0 bridgehead atoms. The van der Waals surface area contributed by atoms with Gasteiger partial charge < -0.3 is 5.73 Å². The Morgan fingerprint density at radius 1 is 1.50 bits per heavy atom. The highest BCUT2D eigenvalue weighted by Crippen LogP contribution is 2.07. The molecule has 4 nitrogen and oxygen atoms in total. The maximum atomic E-state index is 11.7. The van der Waals surface area contributed by atoms with Gasteiger partial charge in [0.15, 0.2) is 5.78 Å². The van der Waals surface area contributed by atoms with Crippen LogP contribution < -0.4 is 5.73 Å². The summed E-state index contributed by atoms with van der Waals surface area (Å²) in [6, 6.07) is 6.80. The third-order valence-electron chi connectivity index (χ3n) is 2.09. The normalized spacial score (nSPS) is 13.0. The Kier molecular flexibility index (Phi) is 2.05. The molecule has 4 heteroatoms. The van der Waals surface area contributed by atoms with Crippen molar-refractivity contribution in [3.8, 4) is 0 Å². The lowest BCUT2D eigenvalue weighted by atomic mass is 10.1.